The first-order valence-corrected chi connectivity index (χ1v) is 16.8. The maximum absolute atomic E-state index is 15.7. The van der Waals surface area contributed by atoms with E-state index in [2.05, 4.69) is 19.6 Å². The Morgan fingerprint density at radius 1 is 1.23 bits per heavy atom. The van der Waals surface area contributed by atoms with Crippen molar-refractivity contribution in [2.45, 2.75) is 77.0 Å². The molecule has 0 saturated carbocycles. The van der Waals surface area contributed by atoms with Gasteiger partial charge in [0.25, 0.3) is 5.72 Å². The summed E-state index contributed by atoms with van der Waals surface area (Å²) in [5.41, 5.74) is -1.24. The fourth-order valence-electron chi connectivity index (χ4n) is 5.15. The summed E-state index contributed by atoms with van der Waals surface area (Å²) in [7, 11) is -0.203. The van der Waals surface area contributed by atoms with Gasteiger partial charge in [-0.3, -0.25) is 4.90 Å². The van der Waals surface area contributed by atoms with Crippen LogP contribution in [0, 0.1) is 25.2 Å². The number of nitriles is 1. The van der Waals surface area contributed by atoms with Crippen LogP contribution in [0.25, 0.3) is 0 Å². The molecule has 0 radical (unpaired) electrons. The van der Waals surface area contributed by atoms with Crippen LogP contribution < -0.4 is 4.74 Å². The summed E-state index contributed by atoms with van der Waals surface area (Å²) < 4.78 is 64.3. The van der Waals surface area contributed by atoms with E-state index in [9.17, 15) is 15.2 Å². The number of hydrogen-bond acceptors (Lipinski definition) is 6. The van der Waals surface area contributed by atoms with Crippen LogP contribution in [0.5, 0.6) is 5.75 Å². The first-order valence-electron chi connectivity index (χ1n) is 13.1. The van der Waals surface area contributed by atoms with Crippen molar-refractivity contribution in [2.24, 2.45) is 0 Å². The van der Waals surface area contributed by atoms with Gasteiger partial charge in [-0.2, -0.15) is 18.4 Å². The number of benzene rings is 2. The minimum atomic E-state index is -5.11. The number of halogens is 3. The predicted molar refractivity (Wildman–Crippen MR) is 147 cm³/mol. The zero-order chi connectivity index (χ0) is 30.0. The first kappa shape index (κ1) is 31.6. The molecule has 1 heterocycles. The number of alkyl halides is 3. The number of carboxylic acid groups (broad SMARTS) is 1. The van der Waals surface area contributed by atoms with E-state index in [1.807, 2.05) is 6.07 Å². The fraction of sp³-hybridized carbons (Fsp3) is 0.517. The number of hydrogen-bond donors (Lipinski definition) is 1. The van der Waals surface area contributed by atoms with Gasteiger partial charge in [-0.25, -0.2) is 4.79 Å². The van der Waals surface area contributed by atoms with Crippen LogP contribution in [0.15, 0.2) is 30.3 Å². The highest BCUT2D eigenvalue weighted by Crippen LogP contribution is 2.55. The van der Waals surface area contributed by atoms with Crippen molar-refractivity contribution in [3.63, 3.8) is 0 Å². The molecule has 2 aromatic rings. The van der Waals surface area contributed by atoms with Crippen molar-refractivity contribution in [1.82, 2.24) is 4.90 Å². The monoisotopic (exact) mass is 578 g/mol. The van der Waals surface area contributed by atoms with Crippen molar-refractivity contribution >= 4 is 14.0 Å². The molecule has 1 aliphatic heterocycles. The van der Waals surface area contributed by atoms with Crippen LogP contribution in [-0.2, 0) is 26.5 Å². The Morgan fingerprint density at radius 2 is 1.90 bits per heavy atom. The van der Waals surface area contributed by atoms with Gasteiger partial charge >= 0.3 is 12.1 Å². The van der Waals surface area contributed by atoms with E-state index in [0.717, 1.165) is 17.9 Å². The number of ether oxygens (including phenoxy) is 3. The number of carbonyl (C=O) groups is 1. The van der Waals surface area contributed by atoms with E-state index in [0.29, 0.717) is 28.9 Å². The third-order valence-corrected chi connectivity index (χ3v) is 8.81. The summed E-state index contributed by atoms with van der Waals surface area (Å²) in [6.45, 7) is 10.9. The number of aryl methyl sites for hydroxylation is 2. The molecule has 1 aliphatic rings. The second-order valence-electron chi connectivity index (χ2n) is 11.5. The summed E-state index contributed by atoms with van der Waals surface area (Å²) >= 11 is 0. The largest absolute Gasteiger partial charge is 0.496 e. The molecule has 0 aliphatic carbocycles. The molecular formula is C29H37F3N2O5Si. The molecule has 7 nitrogen and oxygen atoms in total. The number of rotatable bonds is 11. The standard InChI is InChI=1S/C29H37F3N2O5Si/c1-18-12-19(2)26(25(13-18)37-4)28(29(30,31)32,39-20(3)27(35)36)34-16-22-14-21(15-33)8-9-23(22)24(34)17-38-10-11-40(5,6)7/h8-9,12-14,20,24H,10-11,16-17H2,1-7H3,(H,35,36). The molecule has 0 fully saturated rings. The number of carboxylic acids is 1. The van der Waals surface area contributed by atoms with E-state index in [1.165, 1.54) is 20.1 Å². The highest BCUT2D eigenvalue weighted by atomic mass is 28.3. The van der Waals surface area contributed by atoms with Crippen LogP contribution in [0.4, 0.5) is 13.2 Å². The lowest BCUT2D eigenvalue weighted by Crippen LogP contribution is -2.60. The average Bonchev–Trinajstić information content (AvgIpc) is 3.21. The Morgan fingerprint density at radius 3 is 2.45 bits per heavy atom. The van der Waals surface area contributed by atoms with Crippen LogP contribution >= 0.6 is 0 Å². The second kappa shape index (κ2) is 11.9. The molecule has 1 N–H and O–H groups in total. The van der Waals surface area contributed by atoms with E-state index in [1.54, 1.807) is 31.2 Å². The fourth-order valence-corrected chi connectivity index (χ4v) is 5.91. The van der Waals surface area contributed by atoms with E-state index >= 15 is 13.2 Å². The molecule has 0 bridgehead atoms. The molecule has 3 unspecified atom stereocenters. The molecule has 40 heavy (non-hydrogen) atoms. The summed E-state index contributed by atoms with van der Waals surface area (Å²) in [4.78, 5) is 13.1. The molecule has 11 heteroatoms. The van der Waals surface area contributed by atoms with Gasteiger partial charge in [0.1, 0.15) is 5.75 Å². The van der Waals surface area contributed by atoms with E-state index in [4.69, 9.17) is 14.2 Å². The Kier molecular flexibility index (Phi) is 9.41. The number of fused-ring (bicyclic) bond motifs is 1. The lowest BCUT2D eigenvalue weighted by Gasteiger charge is -2.47. The molecule has 3 atom stereocenters. The van der Waals surface area contributed by atoms with Crippen LogP contribution in [-0.4, -0.2) is 56.7 Å². The maximum Gasteiger partial charge on any atom is 0.436 e. The van der Waals surface area contributed by atoms with Crippen molar-refractivity contribution in [3.05, 3.63) is 63.7 Å². The molecule has 0 saturated heterocycles. The van der Waals surface area contributed by atoms with Crippen molar-refractivity contribution < 1.29 is 37.3 Å². The van der Waals surface area contributed by atoms with Crippen molar-refractivity contribution in [1.29, 1.82) is 5.26 Å². The smallest absolute Gasteiger partial charge is 0.436 e. The molecule has 0 aromatic heterocycles. The lowest BCUT2D eigenvalue weighted by atomic mass is 9.91. The third-order valence-electron chi connectivity index (χ3n) is 7.11. The molecule has 3 rings (SSSR count). The van der Waals surface area contributed by atoms with Gasteiger partial charge in [-0.05, 0) is 67.3 Å². The third kappa shape index (κ3) is 6.36. The van der Waals surface area contributed by atoms with Gasteiger partial charge in [0.15, 0.2) is 6.10 Å². The molecule has 2 aromatic carbocycles. The lowest BCUT2D eigenvalue weighted by molar-refractivity contribution is -0.359. The number of nitrogens with zero attached hydrogens (tertiary/aromatic N) is 2. The molecule has 0 spiro atoms. The highest BCUT2D eigenvalue weighted by molar-refractivity contribution is 6.76. The molecule has 0 amide bonds. The minimum Gasteiger partial charge on any atom is -0.496 e. The van der Waals surface area contributed by atoms with Gasteiger partial charge in [0.2, 0.25) is 0 Å². The van der Waals surface area contributed by atoms with Gasteiger partial charge in [0, 0.05) is 21.2 Å². The maximum atomic E-state index is 15.7. The number of methoxy groups -OCH3 is 1. The van der Waals surface area contributed by atoms with Gasteiger partial charge in [-0.1, -0.05) is 31.8 Å². The SMILES string of the molecule is COc1cc(C)cc(C)c1C(OC(C)C(=O)O)(N1Cc2cc(C#N)ccc2C1COCC[Si](C)(C)C)C(F)(F)F. The summed E-state index contributed by atoms with van der Waals surface area (Å²) in [5, 5.41) is 19.2. The topological polar surface area (TPSA) is 92.0 Å². The van der Waals surface area contributed by atoms with Crippen LogP contribution in [0.2, 0.25) is 25.7 Å². The zero-order valence-electron chi connectivity index (χ0n) is 24.0. The van der Waals surface area contributed by atoms with Gasteiger partial charge < -0.3 is 19.3 Å². The number of aliphatic carboxylic acids is 1. The average molecular weight is 579 g/mol. The van der Waals surface area contributed by atoms with E-state index in [-0.39, 0.29) is 30.0 Å². The van der Waals surface area contributed by atoms with E-state index < -0.39 is 38.1 Å². The molecular weight excluding hydrogens is 541 g/mol. The van der Waals surface area contributed by atoms with Crippen LogP contribution in [0.1, 0.15) is 46.3 Å². The predicted octanol–water partition coefficient (Wildman–Crippen LogP) is 6.30. The Bertz CT molecular complexity index is 1290. The summed E-state index contributed by atoms with van der Waals surface area (Å²) in [6.07, 6.45) is -6.93. The Balaban J connectivity index is 2.30. The normalized spacial score (nSPS) is 18.1. The quantitative estimate of drug-likeness (QED) is 0.247. The first-order chi connectivity index (χ1) is 18.6. The van der Waals surface area contributed by atoms with Gasteiger partial charge in [0.05, 0.1) is 37.0 Å². The van der Waals surface area contributed by atoms with Crippen molar-refractivity contribution in [2.75, 3.05) is 20.3 Å². The summed E-state index contributed by atoms with van der Waals surface area (Å²) in [5.74, 6) is -1.61. The summed E-state index contributed by atoms with van der Waals surface area (Å²) in [6, 6.07) is 9.74. The Labute approximate surface area is 234 Å². The van der Waals surface area contributed by atoms with Crippen molar-refractivity contribution in [3.8, 4) is 11.8 Å². The van der Waals surface area contributed by atoms with Gasteiger partial charge in [-0.15, -0.1) is 0 Å². The zero-order valence-corrected chi connectivity index (χ0v) is 25.0. The second-order valence-corrected chi connectivity index (χ2v) is 17.1. The van der Waals surface area contributed by atoms with Crippen LogP contribution in [0.3, 0.4) is 0 Å². The minimum absolute atomic E-state index is 0.0699. The molecule has 218 valence electrons. The highest BCUT2D eigenvalue weighted by Gasteiger charge is 2.66. The Hall–Kier alpha value is -2.91.